The van der Waals surface area contributed by atoms with Crippen LogP contribution in [0.25, 0.3) is 6.08 Å². The Morgan fingerprint density at radius 1 is 1.10 bits per heavy atom. The molecule has 1 saturated heterocycles. The Balaban J connectivity index is 1.65. The van der Waals surface area contributed by atoms with Crippen LogP contribution in [0.3, 0.4) is 0 Å². The van der Waals surface area contributed by atoms with Crippen LogP contribution in [0.1, 0.15) is 34.7 Å². The summed E-state index contributed by atoms with van der Waals surface area (Å²) in [5.41, 5.74) is 2.35. The van der Waals surface area contributed by atoms with E-state index in [1.54, 1.807) is 51.2 Å². The fourth-order valence-electron chi connectivity index (χ4n) is 4.54. The third-order valence-corrected chi connectivity index (χ3v) is 8.16. The molecule has 0 aliphatic carbocycles. The first kappa shape index (κ1) is 29.8. The van der Waals surface area contributed by atoms with Crippen LogP contribution in [0.15, 0.2) is 52.2 Å². The van der Waals surface area contributed by atoms with Gasteiger partial charge in [0.25, 0.3) is 11.5 Å². The minimum atomic E-state index is -0.422. The Bertz CT molecular complexity index is 1630. The number of nitriles is 1. The number of carbonyl (C=O) groups excluding carboxylic acids is 1. The summed E-state index contributed by atoms with van der Waals surface area (Å²) < 4.78 is 26.0. The molecule has 0 unspecified atom stereocenters. The first-order valence-electron chi connectivity index (χ1n) is 12.8. The van der Waals surface area contributed by atoms with Gasteiger partial charge in [0.15, 0.2) is 11.5 Å². The first-order chi connectivity index (χ1) is 19.7. The Hall–Kier alpha value is -4.14. The molecule has 0 radical (unpaired) electrons. The quantitative estimate of drug-likeness (QED) is 0.252. The molecule has 1 aliphatic rings. The number of nitrogens with one attached hydrogen (secondary N) is 1. The molecular weight excluding hydrogens is 563 g/mol. The molecule has 0 atom stereocenters. The highest BCUT2D eigenvalue weighted by Gasteiger charge is 2.32. The fourth-order valence-corrected chi connectivity index (χ4v) is 5.83. The van der Waals surface area contributed by atoms with Crippen molar-refractivity contribution in [3.8, 4) is 17.6 Å². The van der Waals surface area contributed by atoms with Crippen molar-refractivity contribution in [3.05, 3.63) is 91.4 Å². The van der Waals surface area contributed by atoms with Crippen LogP contribution >= 0.6 is 24.0 Å². The predicted octanol–water partition coefficient (Wildman–Crippen LogP) is 5.26. The van der Waals surface area contributed by atoms with Crippen molar-refractivity contribution in [2.24, 2.45) is 0 Å². The number of hydrogen-bond donors (Lipinski definition) is 1. The highest BCUT2D eigenvalue weighted by Crippen LogP contribution is 2.35. The van der Waals surface area contributed by atoms with E-state index in [-0.39, 0.29) is 17.3 Å². The van der Waals surface area contributed by atoms with Crippen molar-refractivity contribution in [3.63, 3.8) is 0 Å². The number of benzene rings is 2. The Kier molecular flexibility index (Phi) is 9.47. The van der Waals surface area contributed by atoms with Gasteiger partial charge in [-0.1, -0.05) is 42.2 Å². The molecule has 1 aliphatic heterocycles. The maximum atomic E-state index is 13.5. The van der Waals surface area contributed by atoms with Crippen molar-refractivity contribution in [2.75, 3.05) is 26.1 Å². The van der Waals surface area contributed by atoms with Gasteiger partial charge in [0.05, 0.1) is 19.1 Å². The summed E-state index contributed by atoms with van der Waals surface area (Å²) in [6.45, 7) is 4.46. The second-order valence-corrected chi connectivity index (χ2v) is 10.9. The number of amides is 1. The summed E-state index contributed by atoms with van der Waals surface area (Å²) >= 11 is 6.73. The number of aromatic nitrogens is 1. The van der Waals surface area contributed by atoms with Crippen LogP contribution in [0.2, 0.25) is 0 Å². The molecular formula is C30H29FN4O4S2. The lowest BCUT2D eigenvalue weighted by Crippen LogP contribution is -2.30. The number of pyridine rings is 1. The molecule has 8 nitrogen and oxygen atoms in total. The second kappa shape index (κ2) is 13.0. The van der Waals surface area contributed by atoms with Gasteiger partial charge in [-0.15, -0.1) is 0 Å². The lowest BCUT2D eigenvalue weighted by molar-refractivity contribution is -0.122. The molecule has 1 fully saturated rings. The van der Waals surface area contributed by atoms with Crippen molar-refractivity contribution >= 4 is 46.1 Å². The van der Waals surface area contributed by atoms with Crippen LogP contribution in [-0.4, -0.2) is 40.5 Å². The summed E-state index contributed by atoms with van der Waals surface area (Å²) in [6, 6.07) is 13.6. The second-order valence-electron chi connectivity index (χ2n) is 9.18. The van der Waals surface area contributed by atoms with Crippen LogP contribution in [0.4, 0.5) is 10.2 Å². The number of hydrogen-bond acceptors (Lipinski definition) is 8. The van der Waals surface area contributed by atoms with Gasteiger partial charge in [0.2, 0.25) is 0 Å². The fraction of sp³-hybridized carbons (Fsp3) is 0.267. The number of thiocarbonyl (C=S) groups is 1. The standard InChI is InChI=1S/C30H29FN4O4S2/c1-5-34-27(33-17-20-6-9-21(31)10-7-20)22(18(2)23(16-32)28(34)36)15-26-29(37)35(30(40)41-26)13-12-19-8-11-24(38-3)25(14-19)39-4/h6-11,14-15,33H,5,12-13,17H2,1-4H3/b26-15+. The van der Waals surface area contributed by atoms with E-state index in [9.17, 15) is 19.2 Å². The molecule has 11 heteroatoms. The topological polar surface area (TPSA) is 96.6 Å². The monoisotopic (exact) mass is 592 g/mol. The molecule has 1 N–H and O–H groups in total. The zero-order chi connectivity index (χ0) is 29.7. The van der Waals surface area contributed by atoms with Crippen LogP contribution in [0, 0.1) is 24.1 Å². The molecule has 4 rings (SSSR count). The van der Waals surface area contributed by atoms with E-state index in [1.165, 1.54) is 28.5 Å². The van der Waals surface area contributed by atoms with Crippen LogP contribution in [0.5, 0.6) is 11.5 Å². The van der Waals surface area contributed by atoms with E-state index in [4.69, 9.17) is 21.7 Å². The molecule has 0 saturated carbocycles. The lowest BCUT2D eigenvalue weighted by Gasteiger charge is -2.19. The number of ether oxygens (including phenoxy) is 2. The average molecular weight is 593 g/mol. The largest absolute Gasteiger partial charge is 0.493 e. The van der Waals surface area contributed by atoms with Gasteiger partial charge in [0, 0.05) is 25.2 Å². The summed E-state index contributed by atoms with van der Waals surface area (Å²) in [6.07, 6.45) is 2.23. The number of carbonyl (C=O) groups is 1. The molecule has 1 aromatic heterocycles. The van der Waals surface area contributed by atoms with Crippen molar-refractivity contribution in [2.45, 2.75) is 33.4 Å². The van der Waals surface area contributed by atoms with Crippen molar-refractivity contribution in [1.29, 1.82) is 5.26 Å². The lowest BCUT2D eigenvalue weighted by atomic mass is 10.0. The van der Waals surface area contributed by atoms with E-state index in [0.717, 1.165) is 11.1 Å². The third kappa shape index (κ3) is 6.29. The highest BCUT2D eigenvalue weighted by atomic mass is 32.2. The summed E-state index contributed by atoms with van der Waals surface area (Å²) in [5, 5.41) is 13.0. The molecule has 0 bridgehead atoms. The van der Waals surface area contributed by atoms with Gasteiger partial charge in [-0.05, 0) is 67.3 Å². The van der Waals surface area contributed by atoms with E-state index >= 15 is 0 Å². The molecule has 2 heterocycles. The zero-order valence-electron chi connectivity index (χ0n) is 23.1. The summed E-state index contributed by atoms with van der Waals surface area (Å²) in [7, 11) is 3.14. The summed E-state index contributed by atoms with van der Waals surface area (Å²) in [4.78, 5) is 28.5. The van der Waals surface area contributed by atoms with Gasteiger partial charge < -0.3 is 14.8 Å². The number of rotatable bonds is 10. The van der Waals surface area contributed by atoms with Crippen molar-refractivity contribution < 1.29 is 18.7 Å². The average Bonchev–Trinajstić information content (AvgIpc) is 3.24. The molecule has 0 spiro atoms. The van der Waals surface area contributed by atoms with Crippen LogP contribution in [-0.2, 0) is 24.3 Å². The van der Waals surface area contributed by atoms with Gasteiger partial charge in [-0.3, -0.25) is 19.1 Å². The van der Waals surface area contributed by atoms with Crippen molar-refractivity contribution in [1.82, 2.24) is 9.47 Å². The summed E-state index contributed by atoms with van der Waals surface area (Å²) in [5.74, 6) is 1.09. The minimum Gasteiger partial charge on any atom is -0.493 e. The minimum absolute atomic E-state index is 0.00867. The first-order valence-corrected chi connectivity index (χ1v) is 14.1. The van der Waals surface area contributed by atoms with Gasteiger partial charge in [0.1, 0.15) is 27.6 Å². The zero-order valence-corrected chi connectivity index (χ0v) is 24.7. The number of nitrogens with zero attached hydrogens (tertiary/aromatic N) is 3. The van der Waals surface area contributed by atoms with E-state index in [2.05, 4.69) is 5.32 Å². The SMILES string of the molecule is CCn1c(NCc2ccc(F)cc2)c(/C=C2/SC(=S)N(CCc3ccc(OC)c(OC)c3)C2=O)c(C)c(C#N)c1=O. The molecule has 41 heavy (non-hydrogen) atoms. The van der Waals surface area contributed by atoms with E-state index in [1.807, 2.05) is 24.3 Å². The molecule has 212 valence electrons. The van der Waals surface area contributed by atoms with Gasteiger partial charge >= 0.3 is 0 Å². The Morgan fingerprint density at radius 3 is 2.41 bits per heavy atom. The van der Waals surface area contributed by atoms with E-state index in [0.29, 0.717) is 63.7 Å². The number of methoxy groups -OCH3 is 2. The molecule has 1 amide bonds. The smallest absolute Gasteiger partial charge is 0.270 e. The number of anilines is 1. The number of halogens is 1. The van der Waals surface area contributed by atoms with Crippen LogP contribution < -0.4 is 20.3 Å². The highest BCUT2D eigenvalue weighted by molar-refractivity contribution is 8.26. The third-order valence-electron chi connectivity index (χ3n) is 6.79. The van der Waals surface area contributed by atoms with Gasteiger partial charge in [-0.2, -0.15) is 5.26 Å². The van der Waals surface area contributed by atoms with Gasteiger partial charge in [-0.25, -0.2) is 4.39 Å². The maximum Gasteiger partial charge on any atom is 0.270 e. The number of thioether (sulfide) groups is 1. The molecule has 2 aromatic carbocycles. The normalized spacial score (nSPS) is 14.0. The molecule has 3 aromatic rings. The predicted molar refractivity (Wildman–Crippen MR) is 163 cm³/mol. The maximum absolute atomic E-state index is 13.5. The Morgan fingerprint density at radius 2 is 1.78 bits per heavy atom. The van der Waals surface area contributed by atoms with E-state index < -0.39 is 5.56 Å². The Labute approximate surface area is 247 Å².